The number of aromatic nitrogens is 2. The second kappa shape index (κ2) is 3.82. The summed E-state index contributed by atoms with van der Waals surface area (Å²) in [6, 6.07) is 1.81. The fraction of sp³-hybridized carbons (Fsp3) is 0.600. The molecular weight excluding hydrogens is 178 g/mol. The Labute approximate surface area is 83.3 Å². The first-order valence-corrected chi connectivity index (χ1v) is 5.06. The van der Waals surface area contributed by atoms with E-state index in [2.05, 4.69) is 10.4 Å². The molecule has 1 aliphatic carbocycles. The summed E-state index contributed by atoms with van der Waals surface area (Å²) >= 11 is 0. The van der Waals surface area contributed by atoms with E-state index in [-0.39, 0.29) is 11.8 Å². The third kappa shape index (κ3) is 1.78. The average molecular weight is 193 g/mol. The third-order valence-electron chi connectivity index (χ3n) is 2.80. The summed E-state index contributed by atoms with van der Waals surface area (Å²) < 4.78 is 1.67. The van der Waals surface area contributed by atoms with Gasteiger partial charge in [0.25, 0.3) is 0 Å². The predicted octanol–water partition coefficient (Wildman–Crippen LogP) is 1.55. The fourth-order valence-corrected chi connectivity index (χ4v) is 1.91. The molecule has 4 nitrogen and oxygen atoms in total. The lowest BCUT2D eigenvalue weighted by molar-refractivity contribution is -0.119. The lowest BCUT2D eigenvalue weighted by atomic mass is 10.1. The van der Waals surface area contributed by atoms with Crippen molar-refractivity contribution in [2.24, 2.45) is 13.0 Å². The van der Waals surface area contributed by atoms with Gasteiger partial charge in [-0.3, -0.25) is 9.48 Å². The summed E-state index contributed by atoms with van der Waals surface area (Å²) in [6.45, 7) is 0. The summed E-state index contributed by atoms with van der Waals surface area (Å²) in [5.74, 6) is 1.14. The van der Waals surface area contributed by atoms with Gasteiger partial charge in [0.15, 0.2) is 0 Å². The van der Waals surface area contributed by atoms with Crippen LogP contribution >= 0.6 is 0 Å². The van der Waals surface area contributed by atoms with Gasteiger partial charge in [0, 0.05) is 19.0 Å². The molecule has 1 heterocycles. The van der Waals surface area contributed by atoms with Crippen LogP contribution < -0.4 is 5.32 Å². The van der Waals surface area contributed by atoms with Crippen molar-refractivity contribution in [1.29, 1.82) is 0 Å². The molecule has 76 valence electrons. The normalized spacial score (nSPS) is 17.2. The van der Waals surface area contributed by atoms with Crippen molar-refractivity contribution in [1.82, 2.24) is 9.78 Å². The lowest BCUT2D eigenvalue weighted by Crippen LogP contribution is -2.21. The lowest BCUT2D eigenvalue weighted by Gasteiger charge is -2.09. The van der Waals surface area contributed by atoms with E-state index in [1.165, 1.54) is 12.8 Å². The van der Waals surface area contributed by atoms with Crippen molar-refractivity contribution in [2.75, 3.05) is 5.32 Å². The molecule has 1 aromatic heterocycles. The number of rotatable bonds is 2. The number of carbonyl (C=O) groups is 1. The molecule has 0 aromatic carbocycles. The Bertz CT molecular complexity index is 326. The number of anilines is 1. The zero-order valence-corrected chi connectivity index (χ0v) is 8.36. The van der Waals surface area contributed by atoms with Crippen LogP contribution in [0.3, 0.4) is 0 Å². The molecule has 1 fully saturated rings. The highest BCUT2D eigenvalue weighted by Crippen LogP contribution is 2.25. The molecule has 1 saturated carbocycles. The Kier molecular flexibility index (Phi) is 2.52. The highest BCUT2D eigenvalue weighted by molar-refractivity contribution is 5.91. The zero-order valence-electron chi connectivity index (χ0n) is 8.36. The minimum absolute atomic E-state index is 0.145. The predicted molar refractivity (Wildman–Crippen MR) is 53.8 cm³/mol. The van der Waals surface area contributed by atoms with Crippen LogP contribution in [0, 0.1) is 5.92 Å². The fourth-order valence-electron chi connectivity index (χ4n) is 1.91. The first kappa shape index (κ1) is 9.24. The van der Waals surface area contributed by atoms with Gasteiger partial charge in [0.2, 0.25) is 5.91 Å². The summed E-state index contributed by atoms with van der Waals surface area (Å²) in [6.07, 6.45) is 6.12. The molecule has 4 heteroatoms. The van der Waals surface area contributed by atoms with Gasteiger partial charge in [-0.05, 0) is 12.8 Å². The number of hydrogen-bond donors (Lipinski definition) is 1. The van der Waals surface area contributed by atoms with Gasteiger partial charge in [0.1, 0.15) is 5.82 Å². The maximum absolute atomic E-state index is 11.7. The largest absolute Gasteiger partial charge is 0.311 e. The molecule has 1 N–H and O–H groups in total. The minimum Gasteiger partial charge on any atom is -0.311 e. The van der Waals surface area contributed by atoms with Crippen molar-refractivity contribution < 1.29 is 4.79 Å². The quantitative estimate of drug-likeness (QED) is 0.774. The first-order chi connectivity index (χ1) is 6.77. The molecule has 1 aliphatic rings. The van der Waals surface area contributed by atoms with Gasteiger partial charge in [0.05, 0.1) is 6.20 Å². The van der Waals surface area contributed by atoms with Crippen LogP contribution in [0.5, 0.6) is 0 Å². The maximum atomic E-state index is 11.7. The molecule has 0 saturated heterocycles. The molecule has 0 atom stereocenters. The Morgan fingerprint density at radius 3 is 2.86 bits per heavy atom. The van der Waals surface area contributed by atoms with E-state index in [0.717, 1.165) is 18.7 Å². The van der Waals surface area contributed by atoms with Crippen LogP contribution in [0.1, 0.15) is 25.7 Å². The van der Waals surface area contributed by atoms with Gasteiger partial charge in [-0.15, -0.1) is 0 Å². The van der Waals surface area contributed by atoms with Crippen molar-refractivity contribution in [3.05, 3.63) is 12.3 Å². The number of amides is 1. The topological polar surface area (TPSA) is 46.9 Å². The van der Waals surface area contributed by atoms with Gasteiger partial charge in [-0.25, -0.2) is 0 Å². The molecule has 14 heavy (non-hydrogen) atoms. The maximum Gasteiger partial charge on any atom is 0.228 e. The zero-order chi connectivity index (χ0) is 9.97. The average Bonchev–Trinajstić information content (AvgIpc) is 2.77. The van der Waals surface area contributed by atoms with Crippen molar-refractivity contribution in [3.63, 3.8) is 0 Å². The van der Waals surface area contributed by atoms with Gasteiger partial charge < -0.3 is 5.32 Å². The number of nitrogens with zero attached hydrogens (tertiary/aromatic N) is 2. The SMILES string of the molecule is Cn1nccc1NC(=O)C1CCCC1. The summed E-state index contributed by atoms with van der Waals surface area (Å²) in [7, 11) is 1.82. The van der Waals surface area contributed by atoms with Crippen LogP contribution in [0.2, 0.25) is 0 Å². The van der Waals surface area contributed by atoms with Gasteiger partial charge >= 0.3 is 0 Å². The molecule has 0 radical (unpaired) electrons. The van der Waals surface area contributed by atoms with Crippen LogP contribution in [0.25, 0.3) is 0 Å². The highest BCUT2D eigenvalue weighted by atomic mass is 16.2. The van der Waals surface area contributed by atoms with E-state index in [9.17, 15) is 4.79 Å². The Morgan fingerprint density at radius 1 is 1.57 bits per heavy atom. The van der Waals surface area contributed by atoms with E-state index in [1.54, 1.807) is 10.9 Å². The van der Waals surface area contributed by atoms with Gasteiger partial charge in [-0.2, -0.15) is 5.10 Å². The molecule has 1 amide bonds. The second-order valence-electron chi connectivity index (χ2n) is 3.81. The summed E-state index contributed by atoms with van der Waals surface area (Å²) in [4.78, 5) is 11.7. The van der Waals surface area contributed by atoms with E-state index < -0.39 is 0 Å². The molecular formula is C10H15N3O. The summed E-state index contributed by atoms with van der Waals surface area (Å²) in [5.41, 5.74) is 0. The monoisotopic (exact) mass is 193 g/mol. The van der Waals surface area contributed by atoms with Crippen LogP contribution in [-0.4, -0.2) is 15.7 Å². The smallest absolute Gasteiger partial charge is 0.228 e. The number of carbonyl (C=O) groups excluding carboxylic acids is 1. The standard InChI is InChI=1S/C10H15N3O/c1-13-9(6-7-11-13)12-10(14)8-4-2-3-5-8/h6-8H,2-5H2,1H3,(H,12,14). The Hall–Kier alpha value is -1.32. The van der Waals surface area contributed by atoms with E-state index in [0.29, 0.717) is 0 Å². The summed E-state index contributed by atoms with van der Waals surface area (Å²) in [5, 5.41) is 6.89. The molecule has 0 aliphatic heterocycles. The van der Waals surface area contributed by atoms with Crippen LogP contribution in [-0.2, 0) is 11.8 Å². The molecule has 0 unspecified atom stereocenters. The van der Waals surface area contributed by atoms with Gasteiger partial charge in [-0.1, -0.05) is 12.8 Å². The number of aryl methyl sites for hydroxylation is 1. The van der Waals surface area contributed by atoms with Crippen molar-refractivity contribution >= 4 is 11.7 Å². The van der Waals surface area contributed by atoms with Crippen LogP contribution in [0.4, 0.5) is 5.82 Å². The second-order valence-corrected chi connectivity index (χ2v) is 3.81. The van der Waals surface area contributed by atoms with E-state index in [4.69, 9.17) is 0 Å². The molecule has 2 rings (SSSR count). The van der Waals surface area contributed by atoms with E-state index >= 15 is 0 Å². The molecule has 1 aromatic rings. The van der Waals surface area contributed by atoms with Crippen molar-refractivity contribution in [3.8, 4) is 0 Å². The molecule has 0 bridgehead atoms. The Balaban J connectivity index is 1.97. The van der Waals surface area contributed by atoms with Crippen LogP contribution in [0.15, 0.2) is 12.3 Å². The van der Waals surface area contributed by atoms with E-state index in [1.807, 2.05) is 13.1 Å². The highest BCUT2D eigenvalue weighted by Gasteiger charge is 2.22. The minimum atomic E-state index is 0.145. The first-order valence-electron chi connectivity index (χ1n) is 5.06. The number of hydrogen-bond acceptors (Lipinski definition) is 2. The molecule has 0 spiro atoms. The number of nitrogens with one attached hydrogen (secondary N) is 1. The third-order valence-corrected chi connectivity index (χ3v) is 2.80. The van der Waals surface area contributed by atoms with Crippen molar-refractivity contribution in [2.45, 2.75) is 25.7 Å². The Morgan fingerprint density at radius 2 is 2.29 bits per heavy atom.